The number of hydrogen-bond donors (Lipinski definition) is 2. The van der Waals surface area contributed by atoms with E-state index >= 15 is 0 Å². The molecule has 4 aromatic rings. The van der Waals surface area contributed by atoms with Crippen molar-refractivity contribution in [3.8, 4) is 27.5 Å². The Morgan fingerprint density at radius 3 is 2.51 bits per heavy atom. The Kier molecular flexibility index (Phi) is 8.31. The van der Waals surface area contributed by atoms with Crippen LogP contribution >= 0.6 is 22.9 Å². The van der Waals surface area contributed by atoms with E-state index in [-0.39, 0.29) is 17.5 Å². The van der Waals surface area contributed by atoms with E-state index in [1.807, 2.05) is 42.6 Å². The summed E-state index contributed by atoms with van der Waals surface area (Å²) in [7, 11) is 0. The van der Waals surface area contributed by atoms with Gasteiger partial charge in [-0.15, -0.1) is 11.3 Å². The number of carbonyl (C=O) groups is 1. The third-order valence-corrected chi connectivity index (χ3v) is 8.51. The van der Waals surface area contributed by atoms with Crippen molar-refractivity contribution in [2.75, 3.05) is 13.1 Å². The molecule has 8 heteroatoms. The lowest BCUT2D eigenvalue weighted by atomic mass is 10.0. The molecule has 6 nitrogen and oxygen atoms in total. The van der Waals surface area contributed by atoms with Crippen molar-refractivity contribution in [2.45, 2.75) is 52.5 Å². The highest BCUT2D eigenvalue weighted by Gasteiger charge is 2.25. The van der Waals surface area contributed by atoms with Gasteiger partial charge in [0, 0.05) is 34.2 Å². The molecule has 1 aliphatic rings. The van der Waals surface area contributed by atoms with Crippen LogP contribution in [0.3, 0.4) is 0 Å². The van der Waals surface area contributed by atoms with E-state index in [2.05, 4.69) is 36.6 Å². The molecular formula is C31H33ClN4O2S. The number of benzene rings is 2. The number of nitrogens with zero attached hydrogens (tertiary/aromatic N) is 2. The summed E-state index contributed by atoms with van der Waals surface area (Å²) in [6, 6.07) is 15.4. The Labute approximate surface area is 238 Å². The van der Waals surface area contributed by atoms with Gasteiger partial charge in [0.05, 0.1) is 22.5 Å². The number of thiazole rings is 1. The Hall–Kier alpha value is -3.26. The van der Waals surface area contributed by atoms with Crippen LogP contribution in [0.15, 0.2) is 58.7 Å². The van der Waals surface area contributed by atoms with Crippen molar-refractivity contribution in [2.24, 2.45) is 0 Å². The van der Waals surface area contributed by atoms with Gasteiger partial charge < -0.3 is 10.6 Å². The second kappa shape index (κ2) is 11.9. The zero-order valence-corrected chi connectivity index (χ0v) is 24.1. The predicted molar refractivity (Wildman–Crippen MR) is 160 cm³/mol. The number of aryl methyl sites for hydroxylation is 2. The number of amides is 1. The first kappa shape index (κ1) is 27.3. The van der Waals surface area contributed by atoms with Crippen LogP contribution in [0, 0.1) is 6.92 Å². The van der Waals surface area contributed by atoms with Gasteiger partial charge in [-0.25, -0.2) is 4.98 Å². The predicted octanol–water partition coefficient (Wildman–Crippen LogP) is 6.20. The maximum absolute atomic E-state index is 14.3. The number of pyridine rings is 1. The minimum absolute atomic E-state index is 0.0555. The van der Waals surface area contributed by atoms with Gasteiger partial charge in [0.25, 0.3) is 11.5 Å². The number of carbonyl (C=O) groups excluding carboxylic acids is 1. The molecule has 1 unspecified atom stereocenters. The van der Waals surface area contributed by atoms with Gasteiger partial charge in [-0.1, -0.05) is 55.8 Å². The molecule has 3 heterocycles. The van der Waals surface area contributed by atoms with Crippen LogP contribution in [0.5, 0.6) is 0 Å². The van der Waals surface area contributed by atoms with Gasteiger partial charge in [0.2, 0.25) is 0 Å². The second-order valence-electron chi connectivity index (χ2n) is 9.89. The lowest BCUT2D eigenvalue weighted by Gasteiger charge is -2.25. The van der Waals surface area contributed by atoms with E-state index in [0.717, 1.165) is 66.8 Å². The van der Waals surface area contributed by atoms with E-state index in [4.69, 9.17) is 16.6 Å². The van der Waals surface area contributed by atoms with Crippen molar-refractivity contribution in [3.05, 3.63) is 91.7 Å². The highest BCUT2D eigenvalue weighted by molar-refractivity contribution is 7.13. The van der Waals surface area contributed by atoms with Gasteiger partial charge in [-0.05, 0) is 68.5 Å². The van der Waals surface area contributed by atoms with Crippen LogP contribution in [-0.4, -0.2) is 34.6 Å². The Morgan fingerprint density at radius 1 is 1.15 bits per heavy atom. The Bertz CT molecular complexity index is 1530. The van der Waals surface area contributed by atoms with Gasteiger partial charge in [-0.3, -0.25) is 14.2 Å². The molecule has 2 N–H and O–H groups in total. The Balaban J connectivity index is 1.69. The summed E-state index contributed by atoms with van der Waals surface area (Å²) in [6.07, 6.45) is 3.49. The number of rotatable bonds is 7. The minimum Gasteiger partial charge on any atom is -0.348 e. The summed E-state index contributed by atoms with van der Waals surface area (Å²) in [6.45, 7) is 7.75. The average Bonchev–Trinajstić information content (AvgIpc) is 3.44. The number of aromatic nitrogens is 2. The van der Waals surface area contributed by atoms with Crippen LogP contribution in [0.2, 0.25) is 5.02 Å². The van der Waals surface area contributed by atoms with E-state index < -0.39 is 0 Å². The molecule has 2 aromatic carbocycles. The van der Waals surface area contributed by atoms with E-state index in [1.165, 1.54) is 11.3 Å². The van der Waals surface area contributed by atoms with Gasteiger partial charge >= 0.3 is 0 Å². The highest BCUT2D eigenvalue weighted by atomic mass is 35.5. The quantitative estimate of drug-likeness (QED) is 0.282. The summed E-state index contributed by atoms with van der Waals surface area (Å²) in [5.74, 6) is -0.169. The van der Waals surface area contributed by atoms with Gasteiger partial charge in [-0.2, -0.15) is 0 Å². The molecule has 0 radical (unpaired) electrons. The zero-order chi connectivity index (χ0) is 27.5. The standard InChI is InChI=1S/C31H33ClN4O2S/c1-4-20-8-6-9-21(5-2)28(20)36-19(3)25(29(37)34-24-10-7-15-33-17-24)16-26(31(36)38)30-35-27(18-39-30)22-11-13-23(32)14-12-22/h6,8-9,11-14,16,18,24,33H,4-5,7,10,15,17H2,1-3H3,(H,34,37). The molecule has 1 fully saturated rings. The molecule has 1 atom stereocenters. The third kappa shape index (κ3) is 5.57. The first-order valence-electron chi connectivity index (χ1n) is 13.5. The molecule has 1 aliphatic heterocycles. The molecule has 202 valence electrons. The monoisotopic (exact) mass is 560 g/mol. The fraction of sp³-hybridized carbons (Fsp3) is 0.323. The summed E-state index contributed by atoms with van der Waals surface area (Å²) in [4.78, 5) is 32.8. The van der Waals surface area contributed by atoms with Gasteiger partial charge in [0.1, 0.15) is 5.01 Å². The smallest absolute Gasteiger partial charge is 0.265 e. The van der Waals surface area contributed by atoms with Crippen LogP contribution in [-0.2, 0) is 12.8 Å². The van der Waals surface area contributed by atoms with Crippen LogP contribution in [0.25, 0.3) is 27.5 Å². The number of halogens is 1. The maximum atomic E-state index is 14.3. The van der Waals surface area contributed by atoms with Gasteiger partial charge in [0.15, 0.2) is 0 Å². The molecule has 0 bridgehead atoms. The van der Waals surface area contributed by atoms with E-state index in [1.54, 1.807) is 10.6 Å². The molecular weight excluding hydrogens is 528 g/mol. The van der Waals surface area contributed by atoms with Crippen LogP contribution in [0.1, 0.15) is 53.9 Å². The number of hydrogen-bond acceptors (Lipinski definition) is 5. The number of para-hydroxylation sites is 1. The SMILES string of the molecule is CCc1cccc(CC)c1-n1c(C)c(C(=O)NC2CCCNC2)cc(-c2nc(-c3ccc(Cl)cc3)cs2)c1=O. The normalized spacial score (nSPS) is 15.3. The molecule has 1 saturated heterocycles. The van der Waals surface area contributed by atoms with E-state index in [0.29, 0.717) is 26.9 Å². The topological polar surface area (TPSA) is 76.0 Å². The van der Waals surface area contributed by atoms with Crippen molar-refractivity contribution < 1.29 is 4.79 Å². The fourth-order valence-corrected chi connectivity index (χ4v) is 6.21. The average molecular weight is 561 g/mol. The lowest BCUT2D eigenvalue weighted by Crippen LogP contribution is -2.46. The molecule has 5 rings (SSSR count). The largest absolute Gasteiger partial charge is 0.348 e. The number of nitrogens with one attached hydrogen (secondary N) is 2. The Morgan fingerprint density at radius 2 is 1.87 bits per heavy atom. The lowest BCUT2D eigenvalue weighted by molar-refractivity contribution is 0.0929. The van der Waals surface area contributed by atoms with Crippen LogP contribution < -0.4 is 16.2 Å². The fourth-order valence-electron chi connectivity index (χ4n) is 5.25. The summed E-state index contributed by atoms with van der Waals surface area (Å²) in [5.41, 5.74) is 6.07. The van der Waals surface area contributed by atoms with Crippen molar-refractivity contribution >= 4 is 28.8 Å². The molecule has 1 amide bonds. The molecule has 0 spiro atoms. The second-order valence-corrected chi connectivity index (χ2v) is 11.2. The first-order chi connectivity index (χ1) is 18.9. The minimum atomic E-state index is -0.170. The summed E-state index contributed by atoms with van der Waals surface area (Å²) >= 11 is 7.48. The third-order valence-electron chi connectivity index (χ3n) is 7.39. The highest BCUT2D eigenvalue weighted by Crippen LogP contribution is 2.31. The summed E-state index contributed by atoms with van der Waals surface area (Å²) < 4.78 is 1.74. The van der Waals surface area contributed by atoms with Crippen LogP contribution in [0.4, 0.5) is 0 Å². The molecule has 0 aliphatic carbocycles. The summed E-state index contributed by atoms with van der Waals surface area (Å²) in [5, 5.41) is 9.73. The first-order valence-corrected chi connectivity index (χ1v) is 14.8. The number of piperidine rings is 1. The van der Waals surface area contributed by atoms with E-state index in [9.17, 15) is 9.59 Å². The zero-order valence-electron chi connectivity index (χ0n) is 22.5. The van der Waals surface area contributed by atoms with Crippen molar-refractivity contribution in [1.29, 1.82) is 0 Å². The van der Waals surface area contributed by atoms with Crippen molar-refractivity contribution in [3.63, 3.8) is 0 Å². The molecule has 0 saturated carbocycles. The molecule has 2 aromatic heterocycles. The van der Waals surface area contributed by atoms with Crippen molar-refractivity contribution in [1.82, 2.24) is 20.2 Å². The molecule has 39 heavy (non-hydrogen) atoms. The maximum Gasteiger partial charge on any atom is 0.265 e.